The molecule has 20 heavy (non-hydrogen) atoms. The van der Waals surface area contributed by atoms with Gasteiger partial charge in [-0.25, -0.2) is 4.39 Å². The van der Waals surface area contributed by atoms with Crippen LogP contribution in [0.4, 0.5) is 10.1 Å². The van der Waals surface area contributed by atoms with E-state index in [1.807, 2.05) is 25.1 Å². The predicted octanol–water partition coefficient (Wildman–Crippen LogP) is 4.66. The van der Waals surface area contributed by atoms with Crippen LogP contribution >= 0.6 is 27.5 Å². The third-order valence-corrected chi connectivity index (χ3v) is 4.28. The summed E-state index contributed by atoms with van der Waals surface area (Å²) in [5.74, 6) is -0.335. The summed E-state index contributed by atoms with van der Waals surface area (Å²) in [4.78, 5) is 0. The third kappa shape index (κ3) is 3.51. The number of benzene rings is 2. The molecule has 0 saturated carbocycles. The van der Waals surface area contributed by atoms with Gasteiger partial charge in [-0.3, -0.25) is 0 Å². The highest BCUT2D eigenvalue weighted by atomic mass is 79.9. The average molecular weight is 358 g/mol. The molecule has 5 heteroatoms. The van der Waals surface area contributed by atoms with E-state index in [1.54, 1.807) is 0 Å². The van der Waals surface area contributed by atoms with Gasteiger partial charge in [-0.05, 0) is 42.3 Å². The van der Waals surface area contributed by atoms with E-state index in [0.29, 0.717) is 17.3 Å². The Hall–Kier alpha value is -1.10. The molecule has 0 aromatic heterocycles. The molecule has 3 N–H and O–H groups in total. The zero-order chi connectivity index (χ0) is 14.7. The summed E-state index contributed by atoms with van der Waals surface area (Å²) < 4.78 is 14.3. The minimum atomic E-state index is -0.335. The second kappa shape index (κ2) is 6.57. The fourth-order valence-electron chi connectivity index (χ4n) is 1.90. The number of halogens is 3. The topological polar surface area (TPSA) is 38.0 Å². The summed E-state index contributed by atoms with van der Waals surface area (Å²) in [6.45, 7) is 2.39. The van der Waals surface area contributed by atoms with Gasteiger partial charge in [-0.2, -0.15) is 0 Å². The van der Waals surface area contributed by atoms with Crippen LogP contribution in [0.2, 0.25) is 5.02 Å². The Kier molecular flexibility index (Phi) is 5.02. The van der Waals surface area contributed by atoms with Crippen molar-refractivity contribution in [3.8, 4) is 0 Å². The number of hydrogen-bond acceptors (Lipinski definition) is 2. The van der Waals surface area contributed by atoms with Crippen molar-refractivity contribution in [2.45, 2.75) is 13.0 Å². The number of rotatable bonds is 4. The van der Waals surface area contributed by atoms with E-state index < -0.39 is 0 Å². The van der Waals surface area contributed by atoms with E-state index in [-0.39, 0.29) is 11.9 Å². The van der Waals surface area contributed by atoms with Crippen LogP contribution in [-0.2, 0) is 0 Å². The molecule has 0 saturated heterocycles. The van der Waals surface area contributed by atoms with E-state index in [1.165, 1.54) is 18.2 Å². The molecule has 106 valence electrons. The Morgan fingerprint density at radius 3 is 2.70 bits per heavy atom. The quantitative estimate of drug-likeness (QED) is 0.835. The van der Waals surface area contributed by atoms with Crippen molar-refractivity contribution in [1.82, 2.24) is 0 Å². The summed E-state index contributed by atoms with van der Waals surface area (Å²) in [6, 6.07) is 10.1. The molecule has 0 amide bonds. The van der Waals surface area contributed by atoms with Crippen LogP contribution in [0.5, 0.6) is 0 Å². The smallest absolute Gasteiger partial charge is 0.125 e. The van der Waals surface area contributed by atoms with Gasteiger partial charge >= 0.3 is 0 Å². The SMILES string of the molecule is Cc1ccc(C(CN)Nc2cc(F)ccc2Cl)cc1Br. The third-order valence-electron chi connectivity index (χ3n) is 3.09. The summed E-state index contributed by atoms with van der Waals surface area (Å²) in [5.41, 5.74) is 8.52. The van der Waals surface area contributed by atoms with Crippen LogP contribution in [-0.4, -0.2) is 6.54 Å². The summed E-state index contributed by atoms with van der Waals surface area (Å²) in [6.07, 6.45) is 0. The minimum Gasteiger partial charge on any atom is -0.376 e. The molecular weight excluding hydrogens is 343 g/mol. The predicted molar refractivity (Wildman–Crippen MR) is 85.7 cm³/mol. The zero-order valence-electron chi connectivity index (χ0n) is 11.0. The highest BCUT2D eigenvalue weighted by Crippen LogP contribution is 2.28. The molecule has 0 aliphatic rings. The Balaban J connectivity index is 2.28. The standard InChI is InChI=1S/C15H15BrClFN2/c1-9-2-3-10(6-12(9)16)15(8-19)20-14-7-11(18)4-5-13(14)17/h2-7,15,20H,8,19H2,1H3. The zero-order valence-corrected chi connectivity index (χ0v) is 13.3. The van der Waals surface area contributed by atoms with Crippen molar-refractivity contribution in [2.24, 2.45) is 5.73 Å². The second-order valence-electron chi connectivity index (χ2n) is 4.57. The van der Waals surface area contributed by atoms with Crippen molar-refractivity contribution >= 4 is 33.2 Å². The Labute approximate surface area is 131 Å². The molecule has 1 atom stereocenters. The maximum atomic E-state index is 13.3. The molecule has 0 fully saturated rings. The van der Waals surface area contributed by atoms with Crippen molar-refractivity contribution < 1.29 is 4.39 Å². The highest BCUT2D eigenvalue weighted by molar-refractivity contribution is 9.10. The largest absolute Gasteiger partial charge is 0.376 e. The molecule has 2 rings (SSSR count). The van der Waals surface area contributed by atoms with Gasteiger partial charge in [-0.15, -0.1) is 0 Å². The van der Waals surface area contributed by atoms with Crippen LogP contribution in [0.25, 0.3) is 0 Å². The van der Waals surface area contributed by atoms with Gasteiger partial charge in [-0.1, -0.05) is 39.7 Å². The summed E-state index contributed by atoms with van der Waals surface area (Å²) in [5, 5.41) is 3.65. The molecule has 0 bridgehead atoms. The molecule has 0 spiro atoms. The van der Waals surface area contributed by atoms with Gasteiger partial charge in [0.05, 0.1) is 16.8 Å². The molecule has 2 aromatic rings. The molecule has 2 aromatic carbocycles. The molecule has 2 nitrogen and oxygen atoms in total. The van der Waals surface area contributed by atoms with E-state index in [0.717, 1.165) is 15.6 Å². The molecule has 0 radical (unpaired) electrons. The first-order valence-electron chi connectivity index (χ1n) is 6.19. The lowest BCUT2D eigenvalue weighted by molar-refractivity contribution is 0.627. The number of nitrogens with two attached hydrogens (primary N) is 1. The fourth-order valence-corrected chi connectivity index (χ4v) is 2.47. The van der Waals surface area contributed by atoms with Crippen LogP contribution in [0.3, 0.4) is 0 Å². The van der Waals surface area contributed by atoms with Crippen LogP contribution < -0.4 is 11.1 Å². The Morgan fingerprint density at radius 1 is 1.30 bits per heavy atom. The number of anilines is 1. The Bertz CT molecular complexity index is 619. The first-order chi connectivity index (χ1) is 9.51. The second-order valence-corrected chi connectivity index (χ2v) is 5.83. The molecule has 0 aliphatic heterocycles. The van der Waals surface area contributed by atoms with E-state index in [9.17, 15) is 4.39 Å². The lowest BCUT2D eigenvalue weighted by Crippen LogP contribution is -2.21. The van der Waals surface area contributed by atoms with Gasteiger partial charge in [0.2, 0.25) is 0 Å². The molecular formula is C15H15BrClFN2. The first kappa shape index (κ1) is 15.3. The number of hydrogen-bond donors (Lipinski definition) is 2. The summed E-state index contributed by atoms with van der Waals surface area (Å²) >= 11 is 9.56. The van der Waals surface area contributed by atoms with Gasteiger partial charge in [0.25, 0.3) is 0 Å². The van der Waals surface area contributed by atoms with Gasteiger partial charge in [0.15, 0.2) is 0 Å². The van der Waals surface area contributed by atoms with Gasteiger partial charge in [0.1, 0.15) is 5.82 Å². The molecule has 1 unspecified atom stereocenters. The lowest BCUT2D eigenvalue weighted by atomic mass is 10.0. The van der Waals surface area contributed by atoms with Crippen LogP contribution in [0.1, 0.15) is 17.2 Å². The van der Waals surface area contributed by atoms with Crippen molar-refractivity contribution in [1.29, 1.82) is 0 Å². The summed E-state index contributed by atoms with van der Waals surface area (Å²) in [7, 11) is 0. The average Bonchev–Trinajstić information content (AvgIpc) is 2.43. The van der Waals surface area contributed by atoms with Crippen molar-refractivity contribution in [2.75, 3.05) is 11.9 Å². The van der Waals surface area contributed by atoms with Crippen LogP contribution in [0.15, 0.2) is 40.9 Å². The van der Waals surface area contributed by atoms with Crippen LogP contribution in [0, 0.1) is 12.7 Å². The number of aryl methyl sites for hydroxylation is 1. The maximum absolute atomic E-state index is 13.3. The van der Waals surface area contributed by atoms with E-state index >= 15 is 0 Å². The first-order valence-corrected chi connectivity index (χ1v) is 7.36. The normalized spacial score (nSPS) is 12.2. The molecule has 0 aliphatic carbocycles. The highest BCUT2D eigenvalue weighted by Gasteiger charge is 2.13. The minimum absolute atomic E-state index is 0.133. The fraction of sp³-hybridized carbons (Fsp3) is 0.200. The van der Waals surface area contributed by atoms with Gasteiger partial charge in [0, 0.05) is 11.0 Å². The van der Waals surface area contributed by atoms with Crippen molar-refractivity contribution in [3.63, 3.8) is 0 Å². The Morgan fingerprint density at radius 2 is 2.05 bits per heavy atom. The van der Waals surface area contributed by atoms with Gasteiger partial charge < -0.3 is 11.1 Å². The monoisotopic (exact) mass is 356 g/mol. The maximum Gasteiger partial charge on any atom is 0.125 e. The molecule has 0 heterocycles. The number of nitrogens with one attached hydrogen (secondary N) is 1. The lowest BCUT2D eigenvalue weighted by Gasteiger charge is -2.20. The van der Waals surface area contributed by atoms with E-state index in [4.69, 9.17) is 17.3 Å². The van der Waals surface area contributed by atoms with E-state index in [2.05, 4.69) is 21.2 Å². The van der Waals surface area contributed by atoms with Crippen molar-refractivity contribution in [3.05, 3.63) is 62.8 Å².